The van der Waals surface area contributed by atoms with Gasteiger partial charge in [-0.05, 0) is 86.1 Å². The van der Waals surface area contributed by atoms with Crippen molar-refractivity contribution < 1.29 is 4.39 Å². The van der Waals surface area contributed by atoms with E-state index in [-0.39, 0.29) is 5.82 Å². The lowest BCUT2D eigenvalue weighted by atomic mass is 9.98. The van der Waals surface area contributed by atoms with E-state index in [2.05, 4.69) is 33.3 Å². The van der Waals surface area contributed by atoms with Crippen molar-refractivity contribution in [3.63, 3.8) is 0 Å². The smallest absolute Gasteiger partial charge is 0.123 e. The van der Waals surface area contributed by atoms with Gasteiger partial charge in [-0.3, -0.25) is 4.90 Å². The Bertz CT molecular complexity index is 741. The van der Waals surface area contributed by atoms with Crippen molar-refractivity contribution in [2.24, 2.45) is 0 Å². The number of benzene rings is 2. The molecule has 28 heavy (non-hydrogen) atoms. The minimum Gasteiger partial charge on any atom is -0.372 e. The topological polar surface area (TPSA) is 18.5 Å². The molecule has 150 valence electrons. The van der Waals surface area contributed by atoms with Gasteiger partial charge in [0, 0.05) is 38.4 Å². The van der Waals surface area contributed by atoms with Crippen LogP contribution >= 0.6 is 0 Å². The van der Waals surface area contributed by atoms with Gasteiger partial charge in [-0.25, -0.2) is 4.39 Å². The molecule has 3 aliphatic heterocycles. The zero-order chi connectivity index (χ0) is 19.2. The van der Waals surface area contributed by atoms with Crippen molar-refractivity contribution in [3.8, 4) is 0 Å². The van der Waals surface area contributed by atoms with E-state index in [1.165, 1.54) is 74.2 Å². The van der Waals surface area contributed by atoms with Crippen LogP contribution in [0, 0.1) is 5.82 Å². The van der Waals surface area contributed by atoms with Crippen LogP contribution in [0.25, 0.3) is 0 Å². The Kier molecular flexibility index (Phi) is 6.61. The molecule has 2 fully saturated rings. The first kappa shape index (κ1) is 19.4. The fourth-order valence-corrected chi connectivity index (χ4v) is 4.38. The van der Waals surface area contributed by atoms with Gasteiger partial charge >= 0.3 is 0 Å². The molecule has 0 saturated carbocycles. The number of nitrogens with zero attached hydrogens (tertiary/aromatic N) is 2. The quantitative estimate of drug-likeness (QED) is 0.853. The van der Waals surface area contributed by atoms with Crippen LogP contribution in [0.5, 0.6) is 0 Å². The average molecular weight is 382 g/mol. The number of fused-ring (bicyclic) bond motifs is 1. The number of anilines is 1. The Hall–Kier alpha value is -1.91. The standard InChI is InChI=1S/C20H23FN2.C4H9N/c21-19-6-3-16(4-7-19)14-22-12-9-17-13-20(8-5-18(17)15-22)23-10-1-2-11-23;1-2-4-5-3-1/h3-8,13H,1-2,9-12,14-15H2;5H,1-4H2. The van der Waals surface area contributed by atoms with E-state index in [0.717, 1.165) is 26.1 Å². The first-order valence-corrected chi connectivity index (χ1v) is 10.8. The summed E-state index contributed by atoms with van der Waals surface area (Å²) in [6.07, 6.45) is 6.53. The second kappa shape index (κ2) is 9.53. The molecule has 2 saturated heterocycles. The highest BCUT2D eigenvalue weighted by atomic mass is 19.1. The van der Waals surface area contributed by atoms with Crippen LogP contribution in [0.15, 0.2) is 42.5 Å². The Morgan fingerprint density at radius 1 is 0.821 bits per heavy atom. The van der Waals surface area contributed by atoms with Crippen molar-refractivity contribution in [2.75, 3.05) is 37.6 Å². The summed E-state index contributed by atoms with van der Waals surface area (Å²) >= 11 is 0. The van der Waals surface area contributed by atoms with Crippen LogP contribution in [0.4, 0.5) is 10.1 Å². The van der Waals surface area contributed by atoms with Crippen molar-refractivity contribution in [1.29, 1.82) is 0 Å². The van der Waals surface area contributed by atoms with Crippen molar-refractivity contribution in [2.45, 2.75) is 45.2 Å². The van der Waals surface area contributed by atoms with Crippen LogP contribution in [0.1, 0.15) is 42.4 Å². The van der Waals surface area contributed by atoms with Crippen molar-refractivity contribution in [1.82, 2.24) is 10.2 Å². The third-order valence-electron chi connectivity index (χ3n) is 6.03. The Balaban J connectivity index is 0.000000336. The van der Waals surface area contributed by atoms with Gasteiger partial charge in [-0.1, -0.05) is 18.2 Å². The highest BCUT2D eigenvalue weighted by Gasteiger charge is 2.19. The van der Waals surface area contributed by atoms with Gasteiger partial charge in [0.25, 0.3) is 0 Å². The largest absolute Gasteiger partial charge is 0.372 e. The summed E-state index contributed by atoms with van der Waals surface area (Å²) < 4.78 is 13.0. The lowest BCUT2D eigenvalue weighted by molar-refractivity contribution is 0.245. The molecule has 3 heterocycles. The second-order valence-corrected chi connectivity index (χ2v) is 8.19. The van der Waals surface area contributed by atoms with Crippen LogP contribution in [-0.4, -0.2) is 37.6 Å². The first-order valence-electron chi connectivity index (χ1n) is 10.8. The Labute approximate surface area is 168 Å². The van der Waals surface area contributed by atoms with E-state index >= 15 is 0 Å². The number of nitrogens with one attached hydrogen (secondary N) is 1. The van der Waals surface area contributed by atoms with Crippen molar-refractivity contribution in [3.05, 3.63) is 65.0 Å². The van der Waals surface area contributed by atoms with E-state index in [1.54, 1.807) is 12.1 Å². The molecule has 0 atom stereocenters. The van der Waals surface area contributed by atoms with Gasteiger partial charge in [0.15, 0.2) is 0 Å². The monoisotopic (exact) mass is 381 g/mol. The molecule has 0 unspecified atom stereocenters. The zero-order valence-electron chi connectivity index (χ0n) is 16.8. The molecule has 5 rings (SSSR count). The molecular formula is C24H32FN3. The summed E-state index contributed by atoms with van der Waals surface area (Å²) in [6, 6.07) is 13.9. The van der Waals surface area contributed by atoms with Crippen LogP contribution in [-0.2, 0) is 19.5 Å². The third kappa shape index (κ3) is 5.12. The summed E-state index contributed by atoms with van der Waals surface area (Å²) in [6.45, 7) is 7.87. The highest BCUT2D eigenvalue weighted by molar-refractivity contribution is 5.52. The minimum absolute atomic E-state index is 0.160. The van der Waals surface area contributed by atoms with Crippen LogP contribution < -0.4 is 10.2 Å². The molecule has 0 aromatic heterocycles. The Morgan fingerprint density at radius 2 is 1.57 bits per heavy atom. The zero-order valence-corrected chi connectivity index (χ0v) is 16.8. The van der Waals surface area contributed by atoms with E-state index in [4.69, 9.17) is 0 Å². The predicted octanol–water partition coefficient (Wildman–Crippen LogP) is 4.35. The van der Waals surface area contributed by atoms with Crippen LogP contribution in [0.2, 0.25) is 0 Å². The van der Waals surface area contributed by atoms with Gasteiger partial charge in [0.1, 0.15) is 5.82 Å². The van der Waals surface area contributed by atoms with Gasteiger partial charge < -0.3 is 10.2 Å². The Morgan fingerprint density at radius 3 is 2.25 bits per heavy atom. The summed E-state index contributed by atoms with van der Waals surface area (Å²) in [5.41, 5.74) is 5.53. The van der Waals surface area contributed by atoms with Gasteiger partial charge in [0.2, 0.25) is 0 Å². The number of hydrogen-bond acceptors (Lipinski definition) is 3. The van der Waals surface area contributed by atoms with Gasteiger partial charge in [0.05, 0.1) is 0 Å². The van der Waals surface area contributed by atoms with E-state index in [1.807, 2.05) is 12.1 Å². The minimum atomic E-state index is -0.160. The van der Waals surface area contributed by atoms with Gasteiger partial charge in [-0.2, -0.15) is 0 Å². The maximum Gasteiger partial charge on any atom is 0.123 e. The molecule has 0 amide bonds. The molecule has 0 aliphatic carbocycles. The summed E-state index contributed by atoms with van der Waals surface area (Å²) in [4.78, 5) is 4.95. The molecule has 2 aromatic carbocycles. The van der Waals surface area contributed by atoms with Crippen molar-refractivity contribution >= 4 is 5.69 Å². The van der Waals surface area contributed by atoms with Gasteiger partial charge in [-0.15, -0.1) is 0 Å². The fraction of sp³-hybridized carbons (Fsp3) is 0.500. The second-order valence-electron chi connectivity index (χ2n) is 8.19. The molecule has 2 aromatic rings. The molecule has 0 bridgehead atoms. The molecular weight excluding hydrogens is 349 g/mol. The summed E-state index contributed by atoms with van der Waals surface area (Å²) in [5.74, 6) is -0.160. The summed E-state index contributed by atoms with van der Waals surface area (Å²) in [7, 11) is 0. The first-order chi connectivity index (χ1) is 13.8. The molecule has 0 spiro atoms. The van der Waals surface area contributed by atoms with E-state index < -0.39 is 0 Å². The van der Waals surface area contributed by atoms with Crippen LogP contribution in [0.3, 0.4) is 0 Å². The maximum atomic E-state index is 13.0. The average Bonchev–Trinajstić information content (AvgIpc) is 3.46. The SMILES string of the molecule is C1CCNC1.Fc1ccc(CN2CCc3cc(N4CCCC4)ccc3C2)cc1. The molecule has 3 aliphatic rings. The molecule has 3 nitrogen and oxygen atoms in total. The highest BCUT2D eigenvalue weighted by Crippen LogP contribution is 2.27. The van der Waals surface area contributed by atoms with E-state index in [9.17, 15) is 4.39 Å². The molecule has 1 N–H and O–H groups in total. The summed E-state index contributed by atoms with van der Waals surface area (Å²) in [5, 5.41) is 3.22. The third-order valence-corrected chi connectivity index (χ3v) is 6.03. The fourth-order valence-electron chi connectivity index (χ4n) is 4.38. The molecule has 4 heteroatoms. The number of hydrogen-bond donors (Lipinski definition) is 1. The molecule has 0 radical (unpaired) electrons. The number of halogens is 1. The maximum absolute atomic E-state index is 13.0. The van der Waals surface area contributed by atoms with E-state index in [0.29, 0.717) is 0 Å². The normalized spacial score (nSPS) is 19.2. The number of rotatable bonds is 3. The lowest BCUT2D eigenvalue weighted by Gasteiger charge is -2.30. The predicted molar refractivity (Wildman–Crippen MR) is 114 cm³/mol. The lowest BCUT2D eigenvalue weighted by Crippen LogP contribution is -2.30.